The van der Waals surface area contributed by atoms with E-state index in [1.54, 1.807) is 23.5 Å². The van der Waals surface area contributed by atoms with Gasteiger partial charge in [0.05, 0.1) is 10.7 Å². The van der Waals surface area contributed by atoms with E-state index < -0.39 is 0 Å². The van der Waals surface area contributed by atoms with Gasteiger partial charge in [0.15, 0.2) is 5.96 Å². The Kier molecular flexibility index (Phi) is 11.4. The normalized spacial score (nSPS) is 11.2. The molecular weight excluding hydrogens is 485 g/mol. The smallest absolute Gasteiger partial charge is 0.250 e. The van der Waals surface area contributed by atoms with Gasteiger partial charge in [0.2, 0.25) is 0 Å². The van der Waals surface area contributed by atoms with Gasteiger partial charge < -0.3 is 15.2 Å². The van der Waals surface area contributed by atoms with Gasteiger partial charge in [0, 0.05) is 49.2 Å². The maximum Gasteiger partial charge on any atom is 0.250 e. The topological polar surface area (TPSA) is 71.3 Å². The highest BCUT2D eigenvalue weighted by Crippen LogP contribution is 2.16. The van der Waals surface area contributed by atoms with Crippen LogP contribution in [0.5, 0.6) is 0 Å². The van der Waals surface area contributed by atoms with Gasteiger partial charge in [-0.25, -0.2) is 4.98 Å². The number of hydrogen-bond donors (Lipinski definition) is 2. The van der Waals surface area contributed by atoms with E-state index >= 15 is 0 Å². The van der Waals surface area contributed by atoms with Crippen molar-refractivity contribution in [3.63, 3.8) is 0 Å². The van der Waals surface area contributed by atoms with Crippen molar-refractivity contribution in [1.82, 2.24) is 20.2 Å². The van der Waals surface area contributed by atoms with Crippen molar-refractivity contribution in [2.75, 3.05) is 19.6 Å². The van der Waals surface area contributed by atoms with Crippen molar-refractivity contribution < 1.29 is 0 Å². The molecule has 2 rings (SSSR count). The zero-order chi connectivity index (χ0) is 19.6. The number of aromatic nitrogens is 2. The molecule has 2 aromatic rings. The van der Waals surface area contributed by atoms with Crippen molar-refractivity contribution in [3.8, 4) is 0 Å². The number of unbranched alkanes of at least 4 members (excludes halogenated alkanes) is 1. The SMILES string of the molecule is CCNC(=NCCCCn1c(C)cccc1=O)NCCc1nc(C)c(C)s1.I. The number of aliphatic imine (C=N–C) groups is 1. The molecule has 0 saturated heterocycles. The Balaban J connectivity index is 0.00000392. The summed E-state index contributed by atoms with van der Waals surface area (Å²) in [4.78, 5) is 22.4. The predicted octanol–water partition coefficient (Wildman–Crippen LogP) is 3.43. The Bertz CT molecular complexity index is 796. The van der Waals surface area contributed by atoms with E-state index in [0.717, 1.165) is 67.8 Å². The molecule has 0 fully saturated rings. The third kappa shape index (κ3) is 7.90. The lowest BCUT2D eigenvalue weighted by molar-refractivity contribution is 0.585. The highest BCUT2D eigenvalue weighted by atomic mass is 127. The second-order valence-corrected chi connectivity index (χ2v) is 7.84. The Morgan fingerprint density at radius 1 is 1.21 bits per heavy atom. The average Bonchev–Trinajstić information content (AvgIpc) is 2.94. The summed E-state index contributed by atoms with van der Waals surface area (Å²) in [7, 11) is 0. The van der Waals surface area contributed by atoms with Gasteiger partial charge >= 0.3 is 0 Å². The Hall–Kier alpha value is -1.42. The summed E-state index contributed by atoms with van der Waals surface area (Å²) in [6, 6.07) is 5.39. The second kappa shape index (κ2) is 12.9. The summed E-state index contributed by atoms with van der Waals surface area (Å²) < 4.78 is 1.82. The monoisotopic (exact) mass is 517 g/mol. The van der Waals surface area contributed by atoms with E-state index in [0.29, 0.717) is 0 Å². The van der Waals surface area contributed by atoms with Crippen LogP contribution in [0.2, 0.25) is 0 Å². The summed E-state index contributed by atoms with van der Waals surface area (Å²) in [5.41, 5.74) is 2.21. The van der Waals surface area contributed by atoms with Crippen molar-refractivity contribution in [2.45, 2.75) is 53.5 Å². The van der Waals surface area contributed by atoms with E-state index in [9.17, 15) is 4.79 Å². The van der Waals surface area contributed by atoms with Gasteiger partial charge in [0.1, 0.15) is 0 Å². The van der Waals surface area contributed by atoms with Crippen LogP contribution in [-0.2, 0) is 13.0 Å². The van der Waals surface area contributed by atoms with Crippen LogP contribution in [0.15, 0.2) is 28.0 Å². The molecule has 0 aliphatic carbocycles. The zero-order valence-corrected chi connectivity index (χ0v) is 20.4. The molecule has 2 heterocycles. The van der Waals surface area contributed by atoms with E-state index in [4.69, 9.17) is 0 Å². The molecule has 0 aliphatic rings. The number of hydrogen-bond acceptors (Lipinski definition) is 4. The summed E-state index contributed by atoms with van der Waals surface area (Å²) in [5, 5.41) is 7.82. The molecule has 28 heavy (non-hydrogen) atoms. The highest BCUT2D eigenvalue weighted by molar-refractivity contribution is 14.0. The third-order valence-electron chi connectivity index (χ3n) is 4.38. The molecule has 0 saturated carbocycles. The first kappa shape index (κ1) is 24.6. The maximum atomic E-state index is 11.9. The molecule has 0 amide bonds. The summed E-state index contributed by atoms with van der Waals surface area (Å²) in [6.07, 6.45) is 2.79. The van der Waals surface area contributed by atoms with Crippen LogP contribution >= 0.6 is 35.3 Å². The third-order valence-corrected chi connectivity index (χ3v) is 5.51. The molecule has 0 aromatic carbocycles. The van der Waals surface area contributed by atoms with Crippen LogP contribution in [0.4, 0.5) is 0 Å². The standard InChI is InChI=1S/C20H31N5OS.HI/c1-5-21-20(23-13-11-18-24-16(3)17(4)27-18)22-12-6-7-14-25-15(2)9-8-10-19(25)26;/h8-10H,5-7,11-14H2,1-4H3,(H2,21,22,23);1H. The van der Waals surface area contributed by atoms with Crippen LogP contribution in [0.25, 0.3) is 0 Å². The molecule has 8 heteroatoms. The minimum atomic E-state index is 0. The molecule has 0 unspecified atom stereocenters. The summed E-state index contributed by atoms with van der Waals surface area (Å²) >= 11 is 1.76. The van der Waals surface area contributed by atoms with Crippen molar-refractivity contribution >= 4 is 41.3 Å². The number of nitrogens with one attached hydrogen (secondary N) is 2. The Morgan fingerprint density at radius 2 is 2.00 bits per heavy atom. The summed E-state index contributed by atoms with van der Waals surface area (Å²) in [6.45, 7) is 11.3. The van der Waals surface area contributed by atoms with Gasteiger partial charge in [-0.05, 0) is 46.6 Å². The molecule has 6 nitrogen and oxygen atoms in total. The molecule has 0 bridgehead atoms. The zero-order valence-electron chi connectivity index (χ0n) is 17.2. The minimum absolute atomic E-state index is 0. The van der Waals surface area contributed by atoms with E-state index in [1.165, 1.54) is 4.88 Å². The van der Waals surface area contributed by atoms with Crippen LogP contribution in [0.1, 0.15) is 41.0 Å². The van der Waals surface area contributed by atoms with Crippen LogP contribution in [-0.4, -0.2) is 35.1 Å². The Labute approximate surface area is 188 Å². The number of guanidine groups is 1. The highest BCUT2D eigenvalue weighted by Gasteiger charge is 2.04. The Morgan fingerprint density at radius 3 is 2.64 bits per heavy atom. The molecule has 0 radical (unpaired) electrons. The molecular formula is C20H32IN5OS. The van der Waals surface area contributed by atoms with E-state index in [2.05, 4.69) is 41.4 Å². The molecule has 2 aromatic heterocycles. The van der Waals surface area contributed by atoms with E-state index in [-0.39, 0.29) is 29.5 Å². The number of rotatable bonds is 9. The van der Waals surface area contributed by atoms with Crippen molar-refractivity contribution in [2.24, 2.45) is 4.99 Å². The van der Waals surface area contributed by atoms with Crippen molar-refractivity contribution in [1.29, 1.82) is 0 Å². The van der Waals surface area contributed by atoms with Gasteiger partial charge in [-0.2, -0.15) is 0 Å². The fraction of sp³-hybridized carbons (Fsp3) is 0.550. The van der Waals surface area contributed by atoms with Gasteiger partial charge in [0.25, 0.3) is 5.56 Å². The fourth-order valence-electron chi connectivity index (χ4n) is 2.76. The van der Waals surface area contributed by atoms with Gasteiger partial charge in [-0.15, -0.1) is 35.3 Å². The van der Waals surface area contributed by atoms with Crippen LogP contribution < -0.4 is 16.2 Å². The lowest BCUT2D eigenvalue weighted by atomic mass is 10.3. The molecule has 0 atom stereocenters. The predicted molar refractivity (Wildman–Crippen MR) is 129 cm³/mol. The maximum absolute atomic E-state index is 11.9. The van der Waals surface area contributed by atoms with E-state index in [1.807, 2.05) is 17.6 Å². The lowest BCUT2D eigenvalue weighted by Gasteiger charge is -2.11. The van der Waals surface area contributed by atoms with Crippen molar-refractivity contribution in [3.05, 3.63) is 49.8 Å². The van der Waals surface area contributed by atoms with Crippen LogP contribution in [0.3, 0.4) is 0 Å². The number of halogens is 1. The first-order valence-electron chi connectivity index (χ1n) is 9.62. The second-order valence-electron chi connectivity index (χ2n) is 6.55. The van der Waals surface area contributed by atoms with Crippen LogP contribution in [0, 0.1) is 20.8 Å². The minimum Gasteiger partial charge on any atom is -0.357 e. The fourth-order valence-corrected chi connectivity index (χ4v) is 3.69. The number of aryl methyl sites for hydroxylation is 3. The first-order valence-corrected chi connectivity index (χ1v) is 10.4. The lowest BCUT2D eigenvalue weighted by Crippen LogP contribution is -2.38. The van der Waals surface area contributed by atoms with Gasteiger partial charge in [-0.1, -0.05) is 6.07 Å². The van der Waals surface area contributed by atoms with Gasteiger partial charge in [-0.3, -0.25) is 9.79 Å². The largest absolute Gasteiger partial charge is 0.357 e. The molecule has 0 aliphatic heterocycles. The number of thiazole rings is 1. The molecule has 0 spiro atoms. The number of nitrogens with zero attached hydrogens (tertiary/aromatic N) is 3. The summed E-state index contributed by atoms with van der Waals surface area (Å²) in [5.74, 6) is 0.843. The molecule has 2 N–H and O–H groups in total. The first-order chi connectivity index (χ1) is 13.0. The average molecular weight is 517 g/mol. The number of pyridine rings is 1. The molecule has 156 valence electrons. The quantitative estimate of drug-likeness (QED) is 0.232.